The number of rotatable bonds is 4. The summed E-state index contributed by atoms with van der Waals surface area (Å²) in [5, 5.41) is 0. The Morgan fingerprint density at radius 2 is 1.93 bits per heavy atom. The summed E-state index contributed by atoms with van der Waals surface area (Å²) in [5.74, 6) is 0. The molecule has 0 unspecified atom stereocenters. The maximum absolute atomic E-state index is 11.8. The van der Waals surface area contributed by atoms with Gasteiger partial charge in [0.1, 0.15) is 0 Å². The van der Waals surface area contributed by atoms with Crippen LogP contribution in [0.3, 0.4) is 0 Å². The van der Waals surface area contributed by atoms with Crippen molar-refractivity contribution in [3.05, 3.63) is 34.3 Å². The fourth-order valence-corrected chi connectivity index (χ4v) is 1.38. The van der Waals surface area contributed by atoms with Crippen molar-refractivity contribution in [3.63, 3.8) is 0 Å². The van der Waals surface area contributed by atoms with Gasteiger partial charge in [0.25, 0.3) is 0 Å². The van der Waals surface area contributed by atoms with Gasteiger partial charge in [-0.1, -0.05) is 28.1 Å². The molecule has 0 aliphatic heterocycles. The second kappa shape index (κ2) is 7.47. The molecule has 1 nitrogen and oxygen atoms in total. The molecule has 0 N–H and O–H groups in total. The average molecular weight is 307 g/mol. The normalized spacial score (nSPS) is 10.9. The SMILES string of the molecule is F[B-](F)(F)COCc1cccc(Br)c1.[K+]. The van der Waals surface area contributed by atoms with E-state index in [0.717, 1.165) is 10.0 Å². The van der Waals surface area contributed by atoms with E-state index in [-0.39, 0.29) is 58.0 Å². The first-order valence-electron chi connectivity index (χ1n) is 4.00. The molecule has 0 fully saturated rings. The smallest absolute Gasteiger partial charge is 0.447 e. The minimum atomic E-state index is -4.84. The zero-order valence-electron chi connectivity index (χ0n) is 8.22. The first-order chi connectivity index (χ1) is 6.47. The fourth-order valence-electron chi connectivity index (χ4n) is 0.937. The Labute approximate surface area is 137 Å². The van der Waals surface area contributed by atoms with Crippen molar-refractivity contribution in [2.45, 2.75) is 6.61 Å². The topological polar surface area (TPSA) is 9.23 Å². The molecule has 78 valence electrons. The van der Waals surface area contributed by atoms with Crippen LogP contribution in [0.5, 0.6) is 0 Å². The van der Waals surface area contributed by atoms with Gasteiger partial charge >= 0.3 is 58.4 Å². The van der Waals surface area contributed by atoms with E-state index in [1.807, 2.05) is 0 Å². The molecule has 0 aliphatic rings. The molecule has 0 radical (unpaired) electrons. The van der Waals surface area contributed by atoms with Crippen molar-refractivity contribution in [2.75, 3.05) is 6.51 Å². The van der Waals surface area contributed by atoms with E-state index in [9.17, 15) is 12.9 Å². The largest absolute Gasteiger partial charge is 1.00 e. The van der Waals surface area contributed by atoms with Gasteiger partial charge in [-0.25, -0.2) is 0 Å². The number of hydrogen-bond donors (Lipinski definition) is 0. The summed E-state index contributed by atoms with van der Waals surface area (Å²) in [5.41, 5.74) is 0.722. The van der Waals surface area contributed by atoms with Crippen LogP contribution < -0.4 is 51.4 Å². The molecule has 0 saturated heterocycles. The van der Waals surface area contributed by atoms with Crippen LogP contribution in [0.1, 0.15) is 5.56 Å². The van der Waals surface area contributed by atoms with Gasteiger partial charge in [-0.05, 0) is 17.7 Å². The van der Waals surface area contributed by atoms with Gasteiger partial charge in [-0.3, -0.25) is 0 Å². The van der Waals surface area contributed by atoms with E-state index < -0.39 is 13.5 Å². The molecule has 15 heavy (non-hydrogen) atoms. The van der Waals surface area contributed by atoms with Crippen LogP contribution in [0, 0.1) is 0 Å². The second-order valence-corrected chi connectivity index (χ2v) is 3.77. The Kier molecular flexibility index (Phi) is 8.05. The van der Waals surface area contributed by atoms with Gasteiger partial charge in [0.2, 0.25) is 0 Å². The predicted molar refractivity (Wildman–Crippen MR) is 52.9 cm³/mol. The minimum absolute atomic E-state index is 0. The molecule has 1 rings (SSSR count). The summed E-state index contributed by atoms with van der Waals surface area (Å²) >= 11 is 3.22. The maximum Gasteiger partial charge on any atom is 1.00 e. The first-order valence-corrected chi connectivity index (χ1v) is 4.80. The van der Waals surface area contributed by atoms with Crippen molar-refractivity contribution in [2.24, 2.45) is 0 Å². The Bertz CT molecular complexity index is 308. The Morgan fingerprint density at radius 1 is 1.27 bits per heavy atom. The molecule has 1 aromatic carbocycles. The van der Waals surface area contributed by atoms with Gasteiger partial charge < -0.3 is 17.7 Å². The molecule has 0 amide bonds. The maximum atomic E-state index is 11.8. The van der Waals surface area contributed by atoms with Crippen molar-refractivity contribution < 1.29 is 69.1 Å². The molecule has 0 heterocycles. The Morgan fingerprint density at radius 3 is 2.47 bits per heavy atom. The summed E-state index contributed by atoms with van der Waals surface area (Å²) in [6.45, 7) is -6.00. The monoisotopic (exact) mass is 306 g/mol. The third-order valence-corrected chi connectivity index (χ3v) is 1.96. The molecule has 7 heteroatoms. The predicted octanol–water partition coefficient (Wildman–Crippen LogP) is 0.356. The first kappa shape index (κ1) is 16.2. The summed E-state index contributed by atoms with van der Waals surface area (Å²) < 4.78 is 40.6. The number of benzene rings is 1. The standard InChI is InChI=1S/C8H8BBrF3O.K/c10-8-3-1-2-7(4-8)5-14-6-9(11,12)13;/h1-4H,5-6H2;/q-1;+1. The van der Waals surface area contributed by atoms with Crippen LogP contribution >= 0.6 is 15.9 Å². The van der Waals surface area contributed by atoms with Crippen molar-refractivity contribution in [1.29, 1.82) is 0 Å². The minimum Gasteiger partial charge on any atom is -0.447 e. The van der Waals surface area contributed by atoms with Gasteiger partial charge in [-0.15, -0.1) is 0 Å². The van der Waals surface area contributed by atoms with Gasteiger partial charge in [0.15, 0.2) is 0 Å². The van der Waals surface area contributed by atoms with Crippen LogP contribution in [-0.4, -0.2) is 13.5 Å². The zero-order valence-corrected chi connectivity index (χ0v) is 12.9. The quantitative estimate of drug-likeness (QED) is 0.730. The molecule has 0 saturated carbocycles. The van der Waals surface area contributed by atoms with Crippen LogP contribution in [0.4, 0.5) is 12.9 Å². The van der Waals surface area contributed by atoms with Gasteiger partial charge in [-0.2, -0.15) is 0 Å². The average Bonchev–Trinajstić information content (AvgIpc) is 2.01. The van der Waals surface area contributed by atoms with Crippen molar-refractivity contribution >= 4 is 22.9 Å². The molecule has 0 bridgehead atoms. The zero-order chi connectivity index (χ0) is 10.6. The fraction of sp³-hybridized carbons (Fsp3) is 0.250. The van der Waals surface area contributed by atoms with Crippen LogP contribution in [0.25, 0.3) is 0 Å². The molecule has 1 aromatic rings. The van der Waals surface area contributed by atoms with E-state index in [2.05, 4.69) is 20.7 Å². The van der Waals surface area contributed by atoms with Crippen LogP contribution in [0.2, 0.25) is 0 Å². The Hall–Kier alpha value is 1.15. The van der Waals surface area contributed by atoms with Gasteiger partial charge in [0.05, 0.1) is 6.61 Å². The molecule has 0 atom stereocenters. The summed E-state index contributed by atoms with van der Waals surface area (Å²) in [6.07, 6.45) is 0. The summed E-state index contributed by atoms with van der Waals surface area (Å²) in [6, 6.07) is 7.00. The molecular weight excluding hydrogens is 299 g/mol. The number of halogens is 4. The Balaban J connectivity index is 0.00000196. The van der Waals surface area contributed by atoms with Gasteiger partial charge in [0, 0.05) is 11.0 Å². The van der Waals surface area contributed by atoms with E-state index in [1.165, 1.54) is 0 Å². The third-order valence-electron chi connectivity index (χ3n) is 1.46. The number of ether oxygens (including phenoxy) is 1. The van der Waals surface area contributed by atoms with E-state index in [0.29, 0.717) is 0 Å². The van der Waals surface area contributed by atoms with E-state index in [1.54, 1.807) is 24.3 Å². The van der Waals surface area contributed by atoms with Crippen LogP contribution in [0.15, 0.2) is 28.7 Å². The summed E-state index contributed by atoms with van der Waals surface area (Å²) in [4.78, 5) is 0. The second-order valence-electron chi connectivity index (χ2n) is 2.86. The van der Waals surface area contributed by atoms with E-state index in [4.69, 9.17) is 0 Å². The molecular formula is C8H8BBrF3KO. The molecule has 0 aliphatic carbocycles. The van der Waals surface area contributed by atoms with Crippen molar-refractivity contribution in [1.82, 2.24) is 0 Å². The molecule has 0 spiro atoms. The van der Waals surface area contributed by atoms with Crippen LogP contribution in [-0.2, 0) is 11.3 Å². The van der Waals surface area contributed by atoms with E-state index >= 15 is 0 Å². The number of hydrogen-bond acceptors (Lipinski definition) is 1. The van der Waals surface area contributed by atoms with Crippen molar-refractivity contribution in [3.8, 4) is 0 Å². The summed E-state index contributed by atoms with van der Waals surface area (Å²) in [7, 11) is 0. The molecule has 0 aromatic heterocycles. The third kappa shape index (κ3) is 7.95.